The molecule has 1 heterocycles. The molecule has 0 aromatic heterocycles. The van der Waals surface area contributed by atoms with Gasteiger partial charge in [-0.05, 0) is 0 Å². The van der Waals surface area contributed by atoms with Crippen molar-refractivity contribution in [2.75, 3.05) is 0 Å². The van der Waals surface area contributed by atoms with E-state index in [2.05, 4.69) is 0 Å². The first-order chi connectivity index (χ1) is 8.68. The van der Waals surface area contributed by atoms with Crippen LogP contribution in [0.15, 0.2) is 0 Å². The van der Waals surface area contributed by atoms with Crippen molar-refractivity contribution in [2.24, 2.45) is 0 Å². The Morgan fingerprint density at radius 1 is 0.714 bits per heavy atom. The van der Waals surface area contributed by atoms with Gasteiger partial charge in [-0.1, -0.05) is 0 Å². The van der Waals surface area contributed by atoms with Crippen LogP contribution in [-0.4, -0.2) is 59.6 Å². The van der Waals surface area contributed by atoms with E-state index < -0.39 is 53.6 Å². The topological polar surface area (TPSA) is 37.4 Å². The summed E-state index contributed by atoms with van der Waals surface area (Å²) in [6, 6.07) is -6.31. The number of hydrogen-bond donors (Lipinski definition) is 0. The van der Waals surface area contributed by atoms with E-state index in [1.807, 2.05) is 0 Å². The van der Waals surface area contributed by atoms with Gasteiger partial charge in [0.25, 0.3) is 0 Å². The van der Waals surface area contributed by atoms with E-state index in [4.69, 9.17) is 0 Å². The maximum atomic E-state index is 13.2. The Morgan fingerprint density at radius 2 is 1.05 bits per heavy atom. The molecule has 2 amide bonds. The zero-order valence-electron chi connectivity index (χ0n) is 9.08. The Hall–Kier alpha value is -0.893. The Bertz CT molecular complexity index is 432. The first-order valence-electron chi connectivity index (χ1n) is 4.74. The molecule has 0 aromatic carbocycles. The second kappa shape index (κ2) is 5.39. The Labute approximate surface area is 122 Å². The van der Waals surface area contributed by atoms with Gasteiger partial charge in [0.2, 0.25) is 11.8 Å². The molecule has 1 aliphatic rings. The number of halogens is 9. The molecule has 13 heteroatoms. The normalized spacial score (nSPS) is 18.0. The molecule has 1 fully saturated rings. The fraction of sp³-hybridized carbons (Fsp3) is 0.750. The zero-order valence-corrected chi connectivity index (χ0v) is 9.08. The average Bonchev–Trinajstić information content (AvgIpc) is 2.56. The van der Waals surface area contributed by atoms with Crippen LogP contribution in [0.5, 0.6) is 0 Å². The summed E-state index contributed by atoms with van der Waals surface area (Å²) in [6.45, 7) is 0. The molecule has 0 radical (unpaired) electrons. The van der Waals surface area contributed by atoms with Crippen molar-refractivity contribution in [3.63, 3.8) is 0 Å². The maximum absolute atomic E-state index is 13.2. The van der Waals surface area contributed by atoms with Crippen molar-refractivity contribution < 1.29 is 49.1 Å². The van der Waals surface area contributed by atoms with Crippen LogP contribution in [-0.2, 0) is 9.59 Å². The summed E-state index contributed by atoms with van der Waals surface area (Å²) in [5, 5.41) is 0. The monoisotopic (exact) mass is 325 g/mol. The molecule has 0 unspecified atom stereocenters. The quantitative estimate of drug-likeness (QED) is 0.344. The number of alkyl halides is 9. The number of amides is 2. The van der Waals surface area contributed by atoms with E-state index in [-0.39, 0.29) is 18.9 Å². The minimum atomic E-state index is -7.13. The van der Waals surface area contributed by atoms with Crippen molar-refractivity contribution in [1.29, 1.82) is 0 Å². The Kier molecular flexibility index (Phi) is 5.16. The van der Waals surface area contributed by atoms with Crippen molar-refractivity contribution >= 4 is 30.7 Å². The molecule has 21 heavy (non-hydrogen) atoms. The van der Waals surface area contributed by atoms with Crippen LogP contribution in [0.25, 0.3) is 0 Å². The molecule has 1 rings (SSSR count). The van der Waals surface area contributed by atoms with Crippen molar-refractivity contribution in [2.45, 2.75) is 36.9 Å². The van der Waals surface area contributed by atoms with Gasteiger partial charge in [0.1, 0.15) is 0 Å². The fourth-order valence-corrected chi connectivity index (χ4v) is 1.40. The number of rotatable bonds is 3. The number of hydrogen-bond acceptors (Lipinski definition) is 2. The molecule has 0 saturated carbocycles. The summed E-state index contributed by atoms with van der Waals surface area (Å²) < 4.78 is 113. The summed E-state index contributed by atoms with van der Waals surface area (Å²) in [7, 11) is 0. The molecule has 0 spiro atoms. The SMILES string of the molecule is O=C1CCC(=O)N1C(F)(F)C(F)(F)C(F)(F)C(F)(F)F.[LiH]. The summed E-state index contributed by atoms with van der Waals surface area (Å²) >= 11 is 0. The van der Waals surface area contributed by atoms with Crippen LogP contribution >= 0.6 is 0 Å². The van der Waals surface area contributed by atoms with Gasteiger partial charge < -0.3 is 0 Å². The van der Waals surface area contributed by atoms with Gasteiger partial charge in [-0.3, -0.25) is 9.59 Å². The van der Waals surface area contributed by atoms with Gasteiger partial charge in [0.15, 0.2) is 0 Å². The average molecular weight is 325 g/mol. The van der Waals surface area contributed by atoms with Gasteiger partial charge in [-0.15, -0.1) is 0 Å². The first kappa shape index (κ1) is 20.1. The standard InChI is InChI=1S/C8H4F9NO2.Li.H/c9-5(10,7(13,14)15)6(11,12)8(16,17)18-3(19)1-2-4(18)20;;/h1-2H2;;. The number of carbonyl (C=O) groups is 2. The van der Waals surface area contributed by atoms with E-state index >= 15 is 0 Å². The van der Waals surface area contributed by atoms with Gasteiger partial charge in [-0.2, -0.15) is 39.5 Å². The van der Waals surface area contributed by atoms with Crippen LogP contribution in [0.2, 0.25) is 0 Å². The third-order valence-corrected chi connectivity index (χ3v) is 2.46. The summed E-state index contributed by atoms with van der Waals surface area (Å²) in [4.78, 5) is 20.1. The third kappa shape index (κ3) is 2.75. The van der Waals surface area contributed by atoms with Gasteiger partial charge in [-0.25, -0.2) is 4.90 Å². The number of nitrogens with zero attached hydrogens (tertiary/aromatic N) is 1. The van der Waals surface area contributed by atoms with Crippen LogP contribution in [0.3, 0.4) is 0 Å². The molecule has 0 aliphatic carbocycles. The molecule has 0 aromatic rings. The molecule has 3 nitrogen and oxygen atoms in total. The second-order valence-electron chi connectivity index (χ2n) is 3.81. The van der Waals surface area contributed by atoms with E-state index in [0.717, 1.165) is 0 Å². The van der Waals surface area contributed by atoms with Gasteiger partial charge >= 0.3 is 42.9 Å². The van der Waals surface area contributed by atoms with Crippen molar-refractivity contribution in [3.05, 3.63) is 0 Å². The minimum absolute atomic E-state index is 0. The van der Waals surface area contributed by atoms with Gasteiger partial charge in [0.05, 0.1) is 0 Å². The zero-order chi connectivity index (χ0) is 16.1. The molecular weight excluding hydrogens is 320 g/mol. The predicted molar refractivity (Wildman–Crippen MR) is 49.1 cm³/mol. The molecule has 1 aliphatic heterocycles. The van der Waals surface area contributed by atoms with Crippen molar-refractivity contribution in [3.8, 4) is 0 Å². The number of imide groups is 1. The summed E-state index contributed by atoms with van der Waals surface area (Å²) in [5.74, 6) is -18.1. The van der Waals surface area contributed by atoms with E-state index in [0.29, 0.717) is 0 Å². The van der Waals surface area contributed by atoms with E-state index in [9.17, 15) is 49.1 Å². The first-order valence-corrected chi connectivity index (χ1v) is 4.74. The molecule has 1 saturated heterocycles. The molecule has 0 N–H and O–H groups in total. The van der Waals surface area contributed by atoms with Crippen LogP contribution in [0.4, 0.5) is 39.5 Å². The third-order valence-electron chi connectivity index (χ3n) is 2.46. The molecule has 0 atom stereocenters. The van der Waals surface area contributed by atoms with Crippen LogP contribution in [0, 0.1) is 0 Å². The van der Waals surface area contributed by atoms with Crippen LogP contribution < -0.4 is 0 Å². The predicted octanol–water partition coefficient (Wildman–Crippen LogP) is 1.91. The summed E-state index contributed by atoms with van der Waals surface area (Å²) in [6.07, 6.45) is -8.96. The molecule has 0 bridgehead atoms. The number of likely N-dealkylation sites (tertiary alicyclic amines) is 1. The van der Waals surface area contributed by atoms with E-state index in [1.54, 1.807) is 0 Å². The van der Waals surface area contributed by atoms with Crippen LogP contribution in [0.1, 0.15) is 12.8 Å². The summed E-state index contributed by atoms with van der Waals surface area (Å²) in [5.41, 5.74) is 0. The Morgan fingerprint density at radius 3 is 1.33 bits per heavy atom. The van der Waals surface area contributed by atoms with Crippen molar-refractivity contribution in [1.82, 2.24) is 4.90 Å². The fourth-order valence-electron chi connectivity index (χ4n) is 1.40. The molecule has 118 valence electrons. The van der Waals surface area contributed by atoms with E-state index in [1.165, 1.54) is 0 Å². The number of carbonyl (C=O) groups excluding carboxylic acids is 2. The molecular formula is C8H5F9LiNO2. The Balaban J connectivity index is 0.00000400. The van der Waals surface area contributed by atoms with Gasteiger partial charge in [0, 0.05) is 12.8 Å². The second-order valence-corrected chi connectivity index (χ2v) is 3.81.